The van der Waals surface area contributed by atoms with Crippen LogP contribution < -0.4 is 5.32 Å². The molecule has 0 saturated carbocycles. The number of Topliss-reactive ketones (excluding diaryl/α,β-unsaturated/α-hetero) is 1. The second-order valence-electron chi connectivity index (χ2n) is 6.32. The summed E-state index contributed by atoms with van der Waals surface area (Å²) in [6.07, 6.45) is 1.68. The summed E-state index contributed by atoms with van der Waals surface area (Å²) >= 11 is 1.57. The first-order chi connectivity index (χ1) is 13.6. The molecule has 0 radical (unpaired) electrons. The molecule has 0 fully saturated rings. The van der Waals surface area contributed by atoms with Crippen molar-refractivity contribution in [3.05, 3.63) is 65.2 Å². The van der Waals surface area contributed by atoms with Crippen molar-refractivity contribution >= 4 is 39.7 Å². The number of aryl methyl sites for hydroxylation is 1. The summed E-state index contributed by atoms with van der Waals surface area (Å²) in [6, 6.07) is 12.6. The van der Waals surface area contributed by atoms with E-state index in [0.29, 0.717) is 34.4 Å². The Kier molecular flexibility index (Phi) is 4.75. The normalized spacial score (nSPS) is 10.9. The second kappa shape index (κ2) is 7.36. The molecule has 140 valence electrons. The standard InChI is InChI=1S/C21H18N4O2S/c1-3-25-20-17(12-22-25)16(11-18(24-20)19-5-4-10-28-19)21(27)23-15-8-6-14(7-9-15)13(2)26/h4-12H,3H2,1-2H3,(H,23,27). The molecule has 1 aromatic carbocycles. The molecule has 3 aromatic heterocycles. The van der Waals surface area contributed by atoms with E-state index in [0.717, 1.165) is 10.6 Å². The van der Waals surface area contributed by atoms with Gasteiger partial charge in [0.05, 0.1) is 27.7 Å². The van der Waals surface area contributed by atoms with E-state index >= 15 is 0 Å². The van der Waals surface area contributed by atoms with Crippen molar-refractivity contribution in [2.24, 2.45) is 0 Å². The Morgan fingerprint density at radius 1 is 1.18 bits per heavy atom. The number of benzene rings is 1. The highest BCUT2D eigenvalue weighted by Crippen LogP contribution is 2.28. The predicted octanol–water partition coefficient (Wildman–Crippen LogP) is 4.63. The molecule has 7 heteroatoms. The Morgan fingerprint density at radius 3 is 2.61 bits per heavy atom. The summed E-state index contributed by atoms with van der Waals surface area (Å²) in [4.78, 5) is 30.2. The van der Waals surface area contributed by atoms with Gasteiger partial charge in [0.25, 0.3) is 5.91 Å². The molecule has 6 nitrogen and oxygen atoms in total. The van der Waals surface area contributed by atoms with Crippen LogP contribution in [-0.4, -0.2) is 26.5 Å². The third-order valence-corrected chi connectivity index (χ3v) is 5.37. The van der Waals surface area contributed by atoms with Crippen LogP contribution >= 0.6 is 11.3 Å². The fraction of sp³-hybridized carbons (Fsp3) is 0.143. The van der Waals surface area contributed by atoms with Crippen molar-refractivity contribution in [3.63, 3.8) is 0 Å². The number of carbonyl (C=O) groups is 2. The lowest BCUT2D eigenvalue weighted by Crippen LogP contribution is -2.13. The van der Waals surface area contributed by atoms with Crippen LogP contribution in [0.3, 0.4) is 0 Å². The van der Waals surface area contributed by atoms with Crippen molar-refractivity contribution in [2.45, 2.75) is 20.4 Å². The number of rotatable bonds is 5. The first-order valence-electron chi connectivity index (χ1n) is 8.89. The molecule has 4 aromatic rings. The summed E-state index contributed by atoms with van der Waals surface area (Å²) < 4.78 is 1.78. The van der Waals surface area contributed by atoms with Gasteiger partial charge in [0.2, 0.25) is 0 Å². The summed E-state index contributed by atoms with van der Waals surface area (Å²) in [5.74, 6) is -0.252. The van der Waals surface area contributed by atoms with E-state index in [9.17, 15) is 9.59 Å². The number of nitrogens with zero attached hydrogens (tertiary/aromatic N) is 3. The fourth-order valence-corrected chi connectivity index (χ4v) is 3.69. The fourth-order valence-electron chi connectivity index (χ4n) is 3.00. The largest absolute Gasteiger partial charge is 0.322 e. The maximum absolute atomic E-state index is 13.0. The topological polar surface area (TPSA) is 76.9 Å². The van der Waals surface area contributed by atoms with Gasteiger partial charge in [-0.05, 0) is 55.6 Å². The zero-order valence-corrected chi connectivity index (χ0v) is 16.3. The first kappa shape index (κ1) is 18.1. The molecule has 1 amide bonds. The average Bonchev–Trinajstić information content (AvgIpc) is 3.37. The van der Waals surface area contributed by atoms with E-state index in [1.807, 2.05) is 24.4 Å². The van der Waals surface area contributed by atoms with Gasteiger partial charge in [-0.1, -0.05) is 6.07 Å². The molecule has 0 atom stereocenters. The minimum Gasteiger partial charge on any atom is -0.322 e. The first-order valence-corrected chi connectivity index (χ1v) is 9.77. The number of amides is 1. The molecular formula is C21H18N4O2S. The number of carbonyl (C=O) groups excluding carboxylic acids is 2. The highest BCUT2D eigenvalue weighted by atomic mass is 32.1. The van der Waals surface area contributed by atoms with Gasteiger partial charge >= 0.3 is 0 Å². The van der Waals surface area contributed by atoms with Crippen LogP contribution in [0.15, 0.2) is 54.0 Å². The van der Waals surface area contributed by atoms with Gasteiger partial charge in [-0.2, -0.15) is 5.10 Å². The molecule has 0 bridgehead atoms. The summed E-state index contributed by atoms with van der Waals surface area (Å²) in [7, 11) is 0. The van der Waals surface area contributed by atoms with E-state index < -0.39 is 0 Å². The van der Waals surface area contributed by atoms with E-state index in [1.54, 1.807) is 52.5 Å². The van der Waals surface area contributed by atoms with E-state index in [4.69, 9.17) is 4.98 Å². The van der Waals surface area contributed by atoms with Crippen molar-refractivity contribution < 1.29 is 9.59 Å². The lowest BCUT2D eigenvalue weighted by Gasteiger charge is -2.09. The molecule has 28 heavy (non-hydrogen) atoms. The average molecular weight is 390 g/mol. The van der Waals surface area contributed by atoms with Gasteiger partial charge in [-0.25, -0.2) is 9.67 Å². The molecule has 0 aliphatic carbocycles. The zero-order valence-electron chi connectivity index (χ0n) is 15.5. The number of anilines is 1. The summed E-state index contributed by atoms with van der Waals surface area (Å²) in [5.41, 5.74) is 3.18. The third kappa shape index (κ3) is 3.32. The molecule has 0 spiro atoms. The smallest absolute Gasteiger partial charge is 0.256 e. The van der Waals surface area contributed by atoms with Crippen LogP contribution in [0.5, 0.6) is 0 Å². The predicted molar refractivity (Wildman–Crippen MR) is 111 cm³/mol. The molecule has 0 aliphatic rings. The van der Waals surface area contributed by atoms with Crippen molar-refractivity contribution in [2.75, 3.05) is 5.32 Å². The van der Waals surface area contributed by atoms with E-state index in [1.165, 1.54) is 6.92 Å². The molecular weight excluding hydrogens is 372 g/mol. The molecule has 0 unspecified atom stereocenters. The van der Waals surface area contributed by atoms with Gasteiger partial charge in [0.15, 0.2) is 11.4 Å². The minimum atomic E-state index is -0.239. The SMILES string of the molecule is CCn1ncc2c(C(=O)Nc3ccc(C(C)=O)cc3)cc(-c3cccs3)nc21. The number of fused-ring (bicyclic) bond motifs is 1. The monoisotopic (exact) mass is 390 g/mol. The highest BCUT2D eigenvalue weighted by Gasteiger charge is 2.18. The Balaban J connectivity index is 1.75. The summed E-state index contributed by atoms with van der Waals surface area (Å²) in [6.45, 7) is 4.17. The number of hydrogen-bond acceptors (Lipinski definition) is 5. The Hall–Kier alpha value is -3.32. The van der Waals surface area contributed by atoms with Gasteiger partial charge in [0, 0.05) is 17.8 Å². The van der Waals surface area contributed by atoms with Gasteiger partial charge in [0.1, 0.15) is 0 Å². The Morgan fingerprint density at radius 2 is 1.96 bits per heavy atom. The Labute approximate surface area is 165 Å². The van der Waals surface area contributed by atoms with Crippen LogP contribution in [0, 0.1) is 0 Å². The van der Waals surface area contributed by atoms with Crippen molar-refractivity contribution in [1.82, 2.24) is 14.8 Å². The van der Waals surface area contributed by atoms with Crippen molar-refractivity contribution in [1.29, 1.82) is 0 Å². The minimum absolute atomic E-state index is 0.0127. The van der Waals surface area contributed by atoms with Crippen LogP contribution in [0.2, 0.25) is 0 Å². The quantitative estimate of drug-likeness (QED) is 0.504. The van der Waals surface area contributed by atoms with Gasteiger partial charge < -0.3 is 5.32 Å². The highest BCUT2D eigenvalue weighted by molar-refractivity contribution is 7.13. The lowest BCUT2D eigenvalue weighted by atomic mass is 10.1. The number of pyridine rings is 1. The maximum atomic E-state index is 13.0. The number of hydrogen-bond donors (Lipinski definition) is 1. The number of ketones is 1. The van der Waals surface area contributed by atoms with Crippen molar-refractivity contribution in [3.8, 4) is 10.6 Å². The number of aromatic nitrogens is 3. The third-order valence-electron chi connectivity index (χ3n) is 4.48. The van der Waals surface area contributed by atoms with Gasteiger partial charge in [-0.3, -0.25) is 9.59 Å². The molecule has 0 saturated heterocycles. The van der Waals surface area contributed by atoms with Crippen LogP contribution in [0.25, 0.3) is 21.6 Å². The van der Waals surface area contributed by atoms with E-state index in [-0.39, 0.29) is 11.7 Å². The number of nitrogens with one attached hydrogen (secondary N) is 1. The van der Waals surface area contributed by atoms with Crippen LogP contribution in [0.1, 0.15) is 34.6 Å². The Bertz CT molecular complexity index is 1160. The molecule has 0 aliphatic heterocycles. The second-order valence-corrected chi connectivity index (χ2v) is 7.27. The molecule has 4 rings (SSSR count). The zero-order chi connectivity index (χ0) is 19.7. The maximum Gasteiger partial charge on any atom is 0.256 e. The van der Waals surface area contributed by atoms with E-state index in [2.05, 4.69) is 10.4 Å². The molecule has 1 N–H and O–H groups in total. The van der Waals surface area contributed by atoms with Crippen LogP contribution in [-0.2, 0) is 6.54 Å². The number of thiophene rings is 1. The van der Waals surface area contributed by atoms with Crippen LogP contribution in [0.4, 0.5) is 5.69 Å². The molecule has 3 heterocycles. The van der Waals surface area contributed by atoms with Gasteiger partial charge in [-0.15, -0.1) is 11.3 Å². The summed E-state index contributed by atoms with van der Waals surface area (Å²) in [5, 5.41) is 9.95. The lowest BCUT2D eigenvalue weighted by molar-refractivity contribution is 0.101.